The Morgan fingerprint density at radius 1 is 0.903 bits per heavy atom. The highest BCUT2D eigenvalue weighted by molar-refractivity contribution is 7.20. The lowest BCUT2D eigenvalue weighted by atomic mass is 9.93. The van der Waals surface area contributed by atoms with E-state index in [9.17, 15) is 14.7 Å². The van der Waals surface area contributed by atoms with Crippen molar-refractivity contribution < 1.29 is 14.7 Å². The summed E-state index contributed by atoms with van der Waals surface area (Å²) < 4.78 is 0.833. The third-order valence-corrected chi connectivity index (χ3v) is 7.08. The zero-order valence-corrected chi connectivity index (χ0v) is 18.0. The Bertz CT molecular complexity index is 1290. The lowest BCUT2D eigenvalue weighted by Crippen LogP contribution is -2.36. The monoisotopic (exact) mass is 447 g/mol. The Hall–Kier alpha value is -3.15. The minimum atomic E-state index is -0.946. The summed E-state index contributed by atoms with van der Waals surface area (Å²) in [6.07, 6.45) is 1.56. The average molecular weight is 448 g/mol. The number of amides is 1. The second-order valence-corrected chi connectivity index (χ2v) is 9.22. The Morgan fingerprint density at radius 2 is 1.61 bits per heavy atom. The van der Waals surface area contributed by atoms with E-state index in [1.54, 1.807) is 11.0 Å². The third kappa shape index (κ3) is 3.50. The first-order valence-corrected chi connectivity index (χ1v) is 11.1. The van der Waals surface area contributed by atoms with Gasteiger partial charge in [0, 0.05) is 15.4 Å². The van der Waals surface area contributed by atoms with Crippen molar-refractivity contribution in [1.29, 1.82) is 0 Å². The van der Waals surface area contributed by atoms with Gasteiger partial charge in [0.05, 0.1) is 11.1 Å². The molecule has 1 amide bonds. The fourth-order valence-electron chi connectivity index (χ4n) is 3.96. The van der Waals surface area contributed by atoms with E-state index < -0.39 is 11.4 Å². The van der Waals surface area contributed by atoms with Gasteiger partial charge in [0.15, 0.2) is 0 Å². The molecule has 5 rings (SSSR count). The molecule has 0 bridgehead atoms. The number of fused-ring (bicyclic) bond motifs is 1. The van der Waals surface area contributed by atoms with Crippen molar-refractivity contribution in [3.8, 4) is 0 Å². The summed E-state index contributed by atoms with van der Waals surface area (Å²) in [6, 6.07) is 24.4. The molecular formula is C25H18ClNO3S. The van der Waals surface area contributed by atoms with Crippen molar-refractivity contribution in [1.82, 2.24) is 0 Å². The molecule has 0 radical (unpaired) electrons. The first kappa shape index (κ1) is 19.8. The number of thiophene rings is 1. The molecule has 0 aliphatic heterocycles. The number of carboxylic acids is 1. The molecule has 1 aliphatic carbocycles. The van der Waals surface area contributed by atoms with Crippen LogP contribution in [-0.2, 0) is 10.2 Å². The van der Waals surface area contributed by atoms with Crippen LogP contribution in [0.3, 0.4) is 0 Å². The van der Waals surface area contributed by atoms with Crippen molar-refractivity contribution in [3.05, 3.63) is 94.3 Å². The standard InChI is InChI=1S/C25H18ClNO3S/c26-18-9-7-17(8-10-18)25(12-13-25)24(30)27(19-4-2-1-3-5-19)20-11-6-16-14-22(23(28)29)31-21(16)15-20/h1-11,14-15H,12-13H2,(H,28,29). The molecule has 6 heteroatoms. The van der Waals surface area contributed by atoms with Gasteiger partial charge >= 0.3 is 5.97 Å². The van der Waals surface area contributed by atoms with Gasteiger partial charge in [0.2, 0.25) is 5.91 Å². The molecule has 4 nitrogen and oxygen atoms in total. The maximum atomic E-state index is 14.0. The Balaban J connectivity index is 1.61. The van der Waals surface area contributed by atoms with Gasteiger partial charge in [0.1, 0.15) is 4.88 Å². The van der Waals surface area contributed by atoms with Gasteiger partial charge in [-0.3, -0.25) is 9.69 Å². The third-order valence-electron chi connectivity index (χ3n) is 5.75. The molecule has 1 aliphatic rings. The van der Waals surface area contributed by atoms with E-state index in [4.69, 9.17) is 11.6 Å². The maximum absolute atomic E-state index is 14.0. The molecule has 1 N–H and O–H groups in total. The van der Waals surface area contributed by atoms with Gasteiger partial charge in [-0.05, 0) is 66.3 Å². The summed E-state index contributed by atoms with van der Waals surface area (Å²) in [5, 5.41) is 10.8. The zero-order chi connectivity index (χ0) is 21.6. The second-order valence-electron chi connectivity index (χ2n) is 7.70. The van der Waals surface area contributed by atoms with E-state index in [0.29, 0.717) is 5.02 Å². The predicted octanol–water partition coefficient (Wildman–Crippen LogP) is 6.65. The van der Waals surface area contributed by atoms with Crippen LogP contribution in [0.25, 0.3) is 10.1 Å². The molecule has 154 valence electrons. The van der Waals surface area contributed by atoms with Crippen molar-refractivity contribution in [2.24, 2.45) is 0 Å². The summed E-state index contributed by atoms with van der Waals surface area (Å²) in [5.41, 5.74) is 1.90. The molecule has 0 atom stereocenters. The highest BCUT2D eigenvalue weighted by atomic mass is 35.5. The Labute approximate surface area is 188 Å². The molecule has 1 saturated carbocycles. The molecular weight excluding hydrogens is 430 g/mol. The number of halogens is 1. The average Bonchev–Trinajstić information content (AvgIpc) is 3.47. The van der Waals surface area contributed by atoms with E-state index >= 15 is 0 Å². The smallest absolute Gasteiger partial charge is 0.345 e. The fourth-order valence-corrected chi connectivity index (χ4v) is 5.02. The van der Waals surface area contributed by atoms with Crippen LogP contribution >= 0.6 is 22.9 Å². The SMILES string of the molecule is O=C(O)c1cc2ccc(N(C(=O)C3(c4ccc(Cl)cc4)CC3)c3ccccc3)cc2s1. The number of benzene rings is 3. The topological polar surface area (TPSA) is 57.6 Å². The molecule has 0 spiro atoms. The first-order valence-electron chi connectivity index (χ1n) is 9.90. The highest BCUT2D eigenvalue weighted by Crippen LogP contribution is 2.51. The Kier molecular flexibility index (Phi) is 4.80. The lowest BCUT2D eigenvalue weighted by Gasteiger charge is -2.28. The van der Waals surface area contributed by atoms with E-state index in [-0.39, 0.29) is 10.8 Å². The van der Waals surface area contributed by atoms with Gasteiger partial charge < -0.3 is 5.11 Å². The summed E-state index contributed by atoms with van der Waals surface area (Å²) in [7, 11) is 0. The van der Waals surface area contributed by atoms with Crippen molar-refractivity contribution in [2.75, 3.05) is 4.90 Å². The number of hydrogen-bond donors (Lipinski definition) is 1. The van der Waals surface area contributed by atoms with Gasteiger partial charge in [-0.25, -0.2) is 4.79 Å². The van der Waals surface area contributed by atoms with E-state index in [2.05, 4.69) is 0 Å². The van der Waals surface area contributed by atoms with Crippen LogP contribution in [0.1, 0.15) is 28.1 Å². The summed E-state index contributed by atoms with van der Waals surface area (Å²) >= 11 is 7.27. The van der Waals surface area contributed by atoms with Crippen LogP contribution in [0.15, 0.2) is 78.9 Å². The minimum absolute atomic E-state index is 0.00962. The highest BCUT2D eigenvalue weighted by Gasteiger charge is 2.53. The molecule has 0 unspecified atom stereocenters. The predicted molar refractivity (Wildman–Crippen MR) is 125 cm³/mol. The van der Waals surface area contributed by atoms with Crippen molar-refractivity contribution in [2.45, 2.75) is 18.3 Å². The number of carbonyl (C=O) groups excluding carboxylic acids is 1. The fraction of sp³-hybridized carbons (Fsp3) is 0.120. The number of anilines is 2. The van der Waals surface area contributed by atoms with E-state index in [1.807, 2.05) is 72.8 Å². The van der Waals surface area contributed by atoms with Crippen LogP contribution in [0, 0.1) is 0 Å². The number of carboxylic acid groups (broad SMARTS) is 1. The maximum Gasteiger partial charge on any atom is 0.345 e. The lowest BCUT2D eigenvalue weighted by molar-refractivity contribution is -0.120. The second kappa shape index (κ2) is 7.52. The van der Waals surface area contributed by atoms with E-state index in [0.717, 1.165) is 39.9 Å². The number of hydrogen-bond acceptors (Lipinski definition) is 3. The van der Waals surface area contributed by atoms with Gasteiger partial charge in [-0.15, -0.1) is 11.3 Å². The summed E-state index contributed by atoms with van der Waals surface area (Å²) in [4.78, 5) is 27.4. The van der Waals surface area contributed by atoms with Crippen LogP contribution < -0.4 is 4.90 Å². The summed E-state index contributed by atoms with van der Waals surface area (Å²) in [6.45, 7) is 0. The van der Waals surface area contributed by atoms with Crippen LogP contribution in [-0.4, -0.2) is 17.0 Å². The molecule has 1 heterocycles. The zero-order valence-electron chi connectivity index (χ0n) is 16.4. The molecule has 0 saturated heterocycles. The van der Waals surface area contributed by atoms with Crippen LogP contribution in [0.2, 0.25) is 5.02 Å². The van der Waals surface area contributed by atoms with Crippen LogP contribution in [0.4, 0.5) is 11.4 Å². The van der Waals surface area contributed by atoms with E-state index in [1.165, 1.54) is 11.3 Å². The Morgan fingerprint density at radius 3 is 2.26 bits per heavy atom. The van der Waals surface area contributed by atoms with Crippen molar-refractivity contribution >= 4 is 56.3 Å². The number of rotatable bonds is 5. The molecule has 1 fully saturated rings. The van der Waals surface area contributed by atoms with Gasteiger partial charge in [-0.2, -0.15) is 0 Å². The van der Waals surface area contributed by atoms with Gasteiger partial charge in [-0.1, -0.05) is 48.0 Å². The quantitative estimate of drug-likeness (QED) is 0.372. The number of carbonyl (C=O) groups is 2. The molecule has 4 aromatic rings. The largest absolute Gasteiger partial charge is 0.477 e. The normalized spacial score (nSPS) is 14.4. The minimum Gasteiger partial charge on any atom is -0.477 e. The number of aromatic carboxylic acids is 1. The van der Waals surface area contributed by atoms with Crippen LogP contribution in [0.5, 0.6) is 0 Å². The number of para-hydroxylation sites is 1. The molecule has 31 heavy (non-hydrogen) atoms. The molecule has 3 aromatic carbocycles. The first-order chi connectivity index (χ1) is 15.0. The number of nitrogens with zero attached hydrogens (tertiary/aromatic N) is 1. The van der Waals surface area contributed by atoms with Gasteiger partial charge in [0.25, 0.3) is 0 Å². The molecule has 1 aromatic heterocycles. The summed E-state index contributed by atoms with van der Waals surface area (Å²) in [5.74, 6) is -0.936. The van der Waals surface area contributed by atoms with Crippen molar-refractivity contribution in [3.63, 3.8) is 0 Å².